The van der Waals surface area contributed by atoms with Gasteiger partial charge >= 0.3 is 0 Å². The number of carbonyl (C=O) groups excluding carboxylic acids is 1. The van der Waals surface area contributed by atoms with E-state index in [0.29, 0.717) is 33.0 Å². The molecule has 1 saturated heterocycles. The van der Waals surface area contributed by atoms with Gasteiger partial charge in [-0.05, 0) is 19.1 Å². The normalized spacial score (nSPS) is 18.8. The maximum absolute atomic E-state index is 12.2. The minimum Gasteiger partial charge on any atom is -0.496 e. The second kappa shape index (κ2) is 5.57. The van der Waals surface area contributed by atoms with E-state index in [0.717, 1.165) is 5.56 Å². The summed E-state index contributed by atoms with van der Waals surface area (Å²) < 4.78 is 16.6. The molecule has 2 heterocycles. The Labute approximate surface area is 131 Å². The molecule has 0 unspecified atom stereocenters. The van der Waals surface area contributed by atoms with Crippen LogP contribution < -0.4 is 14.2 Å². The van der Waals surface area contributed by atoms with Gasteiger partial charge in [0.2, 0.25) is 6.79 Å². The fourth-order valence-corrected chi connectivity index (χ4v) is 3.52. The third-order valence-corrected chi connectivity index (χ3v) is 4.58. The molecule has 0 N–H and O–H groups in total. The first-order valence-electron chi connectivity index (χ1n) is 6.37. The molecule has 0 atom stereocenters. The molecule has 0 saturated carbocycles. The number of hydrogen-bond acceptors (Lipinski definition) is 6. The van der Waals surface area contributed by atoms with Gasteiger partial charge in [-0.2, -0.15) is 0 Å². The van der Waals surface area contributed by atoms with Gasteiger partial charge in [-0.25, -0.2) is 0 Å². The van der Waals surface area contributed by atoms with Crippen LogP contribution in [0.15, 0.2) is 17.0 Å². The molecule has 2 aliphatic rings. The number of hydrogen-bond donors (Lipinski definition) is 0. The second-order valence-corrected chi connectivity index (χ2v) is 6.05. The summed E-state index contributed by atoms with van der Waals surface area (Å²) in [4.78, 5) is 14.4. The Morgan fingerprint density at radius 2 is 2.14 bits per heavy atom. The van der Waals surface area contributed by atoms with Gasteiger partial charge in [0.15, 0.2) is 11.5 Å². The molecule has 0 aromatic heterocycles. The van der Waals surface area contributed by atoms with Crippen LogP contribution in [-0.2, 0) is 4.79 Å². The molecule has 1 aromatic rings. The summed E-state index contributed by atoms with van der Waals surface area (Å²) in [6.45, 7) is 2.66. The highest BCUT2D eigenvalue weighted by Crippen LogP contribution is 2.40. The highest BCUT2D eigenvalue weighted by Gasteiger charge is 2.31. The number of methoxy groups -OCH3 is 1. The third kappa shape index (κ3) is 2.47. The zero-order valence-electron chi connectivity index (χ0n) is 11.5. The van der Waals surface area contributed by atoms with Crippen molar-refractivity contribution >= 4 is 40.3 Å². The maximum atomic E-state index is 12.2. The first kappa shape index (κ1) is 14.2. The highest BCUT2D eigenvalue weighted by molar-refractivity contribution is 8.26. The Morgan fingerprint density at radius 1 is 1.43 bits per heavy atom. The maximum Gasteiger partial charge on any atom is 0.266 e. The van der Waals surface area contributed by atoms with E-state index in [-0.39, 0.29) is 12.7 Å². The van der Waals surface area contributed by atoms with Gasteiger partial charge in [-0.15, -0.1) is 0 Å². The molecule has 0 aliphatic carbocycles. The van der Waals surface area contributed by atoms with Crippen molar-refractivity contribution in [3.63, 3.8) is 0 Å². The number of nitrogens with zero attached hydrogens (tertiary/aromatic N) is 1. The lowest BCUT2D eigenvalue weighted by molar-refractivity contribution is -0.121. The molecule has 0 radical (unpaired) electrons. The van der Waals surface area contributed by atoms with Gasteiger partial charge in [-0.3, -0.25) is 9.69 Å². The van der Waals surface area contributed by atoms with Gasteiger partial charge < -0.3 is 14.2 Å². The summed E-state index contributed by atoms with van der Waals surface area (Å²) in [7, 11) is 1.58. The van der Waals surface area contributed by atoms with Crippen molar-refractivity contribution in [3.8, 4) is 17.2 Å². The van der Waals surface area contributed by atoms with E-state index in [1.54, 1.807) is 30.2 Å². The quantitative estimate of drug-likeness (QED) is 0.629. The lowest BCUT2D eigenvalue weighted by Gasteiger charge is -2.10. The van der Waals surface area contributed by atoms with Crippen LogP contribution in [0.5, 0.6) is 17.2 Å². The van der Waals surface area contributed by atoms with Crippen molar-refractivity contribution in [2.45, 2.75) is 6.92 Å². The SMILES string of the molecule is CCN1C(=O)/C(=C/c2cc3c(cc2OC)OCO3)SC1=S. The van der Waals surface area contributed by atoms with E-state index in [9.17, 15) is 4.79 Å². The highest BCUT2D eigenvalue weighted by atomic mass is 32.2. The molecule has 21 heavy (non-hydrogen) atoms. The van der Waals surface area contributed by atoms with Crippen molar-refractivity contribution < 1.29 is 19.0 Å². The van der Waals surface area contributed by atoms with Crippen LogP contribution in [0.25, 0.3) is 6.08 Å². The molecule has 1 amide bonds. The molecule has 1 fully saturated rings. The monoisotopic (exact) mass is 323 g/mol. The molecule has 1 aromatic carbocycles. The van der Waals surface area contributed by atoms with Crippen molar-refractivity contribution in [3.05, 3.63) is 22.6 Å². The number of thioether (sulfide) groups is 1. The van der Waals surface area contributed by atoms with Crippen LogP contribution in [0, 0.1) is 0 Å². The fraction of sp³-hybridized carbons (Fsp3) is 0.286. The van der Waals surface area contributed by atoms with Crippen molar-refractivity contribution in [2.24, 2.45) is 0 Å². The molecular formula is C14H13NO4S2. The van der Waals surface area contributed by atoms with Crippen molar-refractivity contribution in [1.29, 1.82) is 0 Å². The number of benzene rings is 1. The van der Waals surface area contributed by atoms with Gasteiger partial charge in [0, 0.05) is 18.2 Å². The second-order valence-electron chi connectivity index (χ2n) is 4.37. The minimum absolute atomic E-state index is 0.0766. The molecule has 5 nitrogen and oxygen atoms in total. The Kier molecular flexibility index (Phi) is 3.77. The van der Waals surface area contributed by atoms with Gasteiger partial charge in [-0.1, -0.05) is 24.0 Å². The van der Waals surface area contributed by atoms with Crippen LogP contribution in [0.4, 0.5) is 0 Å². The van der Waals surface area contributed by atoms with Gasteiger partial charge in [0.05, 0.1) is 12.0 Å². The van der Waals surface area contributed by atoms with Gasteiger partial charge in [0.1, 0.15) is 10.1 Å². The average Bonchev–Trinajstić information content (AvgIpc) is 3.02. The van der Waals surface area contributed by atoms with Crippen LogP contribution >= 0.6 is 24.0 Å². The predicted octanol–water partition coefficient (Wildman–Crippen LogP) is 2.65. The lowest BCUT2D eigenvalue weighted by Crippen LogP contribution is -2.27. The van der Waals surface area contributed by atoms with Gasteiger partial charge in [0.25, 0.3) is 5.91 Å². The molecule has 2 aliphatic heterocycles. The number of rotatable bonds is 3. The van der Waals surface area contributed by atoms with Crippen LogP contribution in [-0.4, -0.2) is 35.6 Å². The number of fused-ring (bicyclic) bond motifs is 1. The Hall–Kier alpha value is -1.73. The summed E-state index contributed by atoms with van der Waals surface area (Å²) in [6, 6.07) is 3.56. The standard InChI is InChI=1S/C14H13NO4S2/c1-3-15-13(16)12(21-14(15)20)5-8-4-10-11(19-7-18-10)6-9(8)17-2/h4-6H,3,7H2,1-2H3/b12-5-. The molecule has 3 rings (SSSR count). The fourth-order valence-electron chi connectivity index (χ4n) is 2.14. The smallest absolute Gasteiger partial charge is 0.266 e. The molecule has 7 heteroatoms. The number of likely N-dealkylation sites (N-methyl/N-ethyl adjacent to an activating group) is 1. The molecule has 0 spiro atoms. The predicted molar refractivity (Wildman–Crippen MR) is 84.7 cm³/mol. The first-order valence-corrected chi connectivity index (χ1v) is 7.59. The van der Waals surface area contributed by atoms with E-state index >= 15 is 0 Å². The van der Waals surface area contributed by atoms with E-state index in [1.807, 2.05) is 6.92 Å². The topological polar surface area (TPSA) is 48.0 Å². The zero-order chi connectivity index (χ0) is 15.0. The largest absolute Gasteiger partial charge is 0.496 e. The van der Waals surface area contributed by atoms with E-state index in [2.05, 4.69) is 0 Å². The van der Waals surface area contributed by atoms with E-state index < -0.39 is 0 Å². The average molecular weight is 323 g/mol. The lowest BCUT2D eigenvalue weighted by atomic mass is 10.1. The van der Waals surface area contributed by atoms with E-state index in [1.165, 1.54) is 11.8 Å². The molecule has 110 valence electrons. The zero-order valence-corrected chi connectivity index (χ0v) is 13.2. The number of ether oxygens (including phenoxy) is 3. The Bertz CT molecular complexity index is 657. The van der Waals surface area contributed by atoms with E-state index in [4.69, 9.17) is 26.4 Å². The third-order valence-electron chi connectivity index (χ3n) is 3.20. The van der Waals surface area contributed by atoms with Crippen LogP contribution in [0.2, 0.25) is 0 Å². The number of carbonyl (C=O) groups is 1. The van der Waals surface area contributed by atoms with Crippen LogP contribution in [0.1, 0.15) is 12.5 Å². The van der Waals surface area contributed by atoms with Crippen molar-refractivity contribution in [2.75, 3.05) is 20.4 Å². The van der Waals surface area contributed by atoms with Crippen molar-refractivity contribution in [1.82, 2.24) is 4.90 Å². The summed E-state index contributed by atoms with van der Waals surface area (Å²) in [6.07, 6.45) is 1.77. The molecule has 0 bridgehead atoms. The summed E-state index contributed by atoms with van der Waals surface area (Å²) in [5.41, 5.74) is 0.762. The minimum atomic E-state index is -0.0766. The first-order chi connectivity index (χ1) is 10.1. The summed E-state index contributed by atoms with van der Waals surface area (Å²) >= 11 is 6.50. The Balaban J connectivity index is 2.00. The Morgan fingerprint density at radius 3 is 2.76 bits per heavy atom. The molecular weight excluding hydrogens is 310 g/mol. The summed E-state index contributed by atoms with van der Waals surface area (Å²) in [5.74, 6) is 1.84. The summed E-state index contributed by atoms with van der Waals surface area (Å²) in [5, 5.41) is 0. The number of thiocarbonyl (C=S) groups is 1. The van der Waals surface area contributed by atoms with Crippen LogP contribution in [0.3, 0.4) is 0 Å². The number of amides is 1.